The molecule has 1 saturated carbocycles. The van der Waals surface area contributed by atoms with Gasteiger partial charge in [-0.05, 0) is 30.4 Å². The van der Waals surface area contributed by atoms with Crippen LogP contribution >= 0.6 is 24.8 Å². The highest BCUT2D eigenvalue weighted by atomic mass is 35.5. The molecule has 1 amide bonds. The first-order valence-electron chi connectivity index (χ1n) is 8.79. The molecule has 26 heavy (non-hydrogen) atoms. The van der Waals surface area contributed by atoms with Gasteiger partial charge in [-0.15, -0.1) is 24.8 Å². The summed E-state index contributed by atoms with van der Waals surface area (Å²) in [5, 5.41) is 3.13. The predicted molar refractivity (Wildman–Crippen MR) is 111 cm³/mol. The summed E-state index contributed by atoms with van der Waals surface area (Å²) >= 11 is 0. The third-order valence-corrected chi connectivity index (χ3v) is 4.90. The molecule has 3 N–H and O–H groups in total. The van der Waals surface area contributed by atoms with Gasteiger partial charge in [0.05, 0.1) is 5.56 Å². The lowest BCUT2D eigenvalue weighted by atomic mass is 9.84. The van der Waals surface area contributed by atoms with Crippen molar-refractivity contribution in [1.29, 1.82) is 0 Å². The van der Waals surface area contributed by atoms with Crippen molar-refractivity contribution in [3.05, 3.63) is 54.4 Å². The number of nitrogens with two attached hydrogens (primary N) is 1. The zero-order valence-electron chi connectivity index (χ0n) is 14.8. The second kappa shape index (κ2) is 11.2. The Kier molecular flexibility index (Phi) is 9.63. The number of hydrogen-bond acceptors (Lipinski definition) is 3. The van der Waals surface area contributed by atoms with Gasteiger partial charge in [0.1, 0.15) is 0 Å². The number of aromatic nitrogens is 1. The molecule has 1 fully saturated rings. The fourth-order valence-electron chi connectivity index (χ4n) is 3.51. The molecule has 1 aromatic carbocycles. The van der Waals surface area contributed by atoms with E-state index in [9.17, 15) is 4.79 Å². The molecular formula is C20H27Cl2N3O. The molecule has 3 rings (SSSR count). The van der Waals surface area contributed by atoms with Crippen LogP contribution in [-0.2, 0) is 0 Å². The smallest absolute Gasteiger partial charge is 0.253 e. The van der Waals surface area contributed by atoms with Crippen molar-refractivity contribution in [2.24, 2.45) is 11.7 Å². The summed E-state index contributed by atoms with van der Waals surface area (Å²) in [7, 11) is 0. The number of nitrogens with zero attached hydrogens (tertiary/aromatic N) is 1. The molecule has 0 aliphatic heterocycles. The monoisotopic (exact) mass is 395 g/mol. The molecule has 142 valence electrons. The number of rotatable bonds is 5. The van der Waals surface area contributed by atoms with Gasteiger partial charge in [0, 0.05) is 30.5 Å². The lowest BCUT2D eigenvalue weighted by Crippen LogP contribution is -2.45. The van der Waals surface area contributed by atoms with Crippen LogP contribution in [0.2, 0.25) is 0 Å². The van der Waals surface area contributed by atoms with E-state index in [2.05, 4.69) is 10.3 Å². The maximum Gasteiger partial charge on any atom is 0.253 e. The van der Waals surface area contributed by atoms with E-state index in [-0.39, 0.29) is 36.8 Å². The number of pyridine rings is 1. The maximum atomic E-state index is 12.6. The summed E-state index contributed by atoms with van der Waals surface area (Å²) < 4.78 is 0. The van der Waals surface area contributed by atoms with Gasteiger partial charge >= 0.3 is 0 Å². The largest absolute Gasteiger partial charge is 0.348 e. The highest BCUT2D eigenvalue weighted by Crippen LogP contribution is 2.26. The maximum absolute atomic E-state index is 12.6. The SMILES string of the molecule is Cl.Cl.NCC(NC(=O)c1cncc(-c2ccccc2)c1)C1CCCCC1. The van der Waals surface area contributed by atoms with Gasteiger partial charge in [-0.3, -0.25) is 9.78 Å². The van der Waals surface area contributed by atoms with Gasteiger partial charge in [0.2, 0.25) is 0 Å². The van der Waals surface area contributed by atoms with Gasteiger partial charge in [0.15, 0.2) is 0 Å². The molecule has 6 heteroatoms. The van der Waals surface area contributed by atoms with Crippen molar-refractivity contribution in [3.8, 4) is 11.1 Å². The van der Waals surface area contributed by atoms with Crippen LogP contribution in [-0.4, -0.2) is 23.5 Å². The molecule has 4 nitrogen and oxygen atoms in total. The topological polar surface area (TPSA) is 68.0 Å². The zero-order chi connectivity index (χ0) is 16.8. The normalized spacial score (nSPS) is 15.3. The summed E-state index contributed by atoms with van der Waals surface area (Å²) in [5.74, 6) is 0.416. The number of carbonyl (C=O) groups excluding carboxylic acids is 1. The van der Waals surface area contributed by atoms with Crippen LogP contribution in [0.15, 0.2) is 48.8 Å². The van der Waals surface area contributed by atoms with E-state index in [0.29, 0.717) is 18.0 Å². The predicted octanol–water partition coefficient (Wildman–Crippen LogP) is 4.23. The Balaban J connectivity index is 0.00000169. The van der Waals surface area contributed by atoms with Crippen LogP contribution in [0.4, 0.5) is 0 Å². The molecule has 0 spiro atoms. The van der Waals surface area contributed by atoms with Crippen LogP contribution in [0.25, 0.3) is 11.1 Å². The van der Waals surface area contributed by atoms with Crippen LogP contribution in [0.5, 0.6) is 0 Å². The van der Waals surface area contributed by atoms with E-state index in [4.69, 9.17) is 5.73 Å². The Hall–Kier alpha value is -1.62. The lowest BCUT2D eigenvalue weighted by Gasteiger charge is -2.30. The minimum absolute atomic E-state index is 0. The Morgan fingerprint density at radius 2 is 1.77 bits per heavy atom. The molecule has 1 aliphatic carbocycles. The van der Waals surface area contributed by atoms with Crippen LogP contribution in [0, 0.1) is 5.92 Å². The van der Waals surface area contributed by atoms with Crippen LogP contribution in [0.3, 0.4) is 0 Å². The number of amides is 1. The Labute approximate surface area is 167 Å². The summed E-state index contributed by atoms with van der Waals surface area (Å²) in [5.41, 5.74) is 8.52. The van der Waals surface area contributed by atoms with Crippen molar-refractivity contribution in [1.82, 2.24) is 10.3 Å². The third kappa shape index (κ3) is 5.70. The average molecular weight is 396 g/mol. The van der Waals surface area contributed by atoms with Gasteiger partial charge < -0.3 is 11.1 Å². The molecule has 0 radical (unpaired) electrons. The van der Waals surface area contributed by atoms with E-state index in [0.717, 1.165) is 24.0 Å². The highest BCUT2D eigenvalue weighted by Gasteiger charge is 2.24. The van der Waals surface area contributed by atoms with E-state index in [1.165, 1.54) is 19.3 Å². The first-order valence-corrected chi connectivity index (χ1v) is 8.79. The van der Waals surface area contributed by atoms with Crippen molar-refractivity contribution in [2.75, 3.05) is 6.54 Å². The summed E-state index contributed by atoms with van der Waals surface area (Å²) in [6.45, 7) is 0.488. The molecule has 1 aromatic heterocycles. The minimum Gasteiger partial charge on any atom is -0.348 e. The van der Waals surface area contributed by atoms with Crippen molar-refractivity contribution in [3.63, 3.8) is 0 Å². The molecule has 0 saturated heterocycles. The molecule has 0 bridgehead atoms. The number of carbonyl (C=O) groups is 1. The van der Waals surface area contributed by atoms with Crippen LogP contribution < -0.4 is 11.1 Å². The quantitative estimate of drug-likeness (QED) is 0.795. The van der Waals surface area contributed by atoms with Crippen LogP contribution in [0.1, 0.15) is 42.5 Å². The van der Waals surface area contributed by atoms with Crippen molar-refractivity contribution >= 4 is 30.7 Å². The van der Waals surface area contributed by atoms with E-state index in [1.54, 1.807) is 12.4 Å². The Morgan fingerprint density at radius 1 is 1.08 bits per heavy atom. The van der Waals surface area contributed by atoms with E-state index < -0.39 is 0 Å². The van der Waals surface area contributed by atoms with Gasteiger partial charge in [-0.2, -0.15) is 0 Å². The van der Waals surface area contributed by atoms with E-state index in [1.807, 2.05) is 36.4 Å². The minimum atomic E-state index is -0.0821. The van der Waals surface area contributed by atoms with E-state index >= 15 is 0 Å². The molecule has 1 atom stereocenters. The Morgan fingerprint density at radius 3 is 2.42 bits per heavy atom. The highest BCUT2D eigenvalue weighted by molar-refractivity contribution is 5.95. The molecule has 2 aromatic rings. The summed E-state index contributed by atoms with van der Waals surface area (Å²) in [6, 6.07) is 11.9. The first-order chi connectivity index (χ1) is 11.8. The standard InChI is InChI=1S/C20H25N3O.2ClH/c21-12-19(16-9-5-2-6-10-16)23-20(24)18-11-17(13-22-14-18)15-7-3-1-4-8-15;;/h1,3-4,7-8,11,13-14,16,19H,2,5-6,9-10,12,21H2,(H,23,24);2*1H. The number of benzene rings is 1. The Bertz CT molecular complexity index is 676. The number of hydrogen-bond donors (Lipinski definition) is 2. The summed E-state index contributed by atoms with van der Waals surface area (Å²) in [4.78, 5) is 16.9. The third-order valence-electron chi connectivity index (χ3n) is 4.90. The second-order valence-electron chi connectivity index (χ2n) is 6.54. The zero-order valence-corrected chi connectivity index (χ0v) is 16.4. The van der Waals surface area contributed by atoms with Gasteiger partial charge in [-0.25, -0.2) is 0 Å². The molecule has 1 aliphatic rings. The van der Waals surface area contributed by atoms with Gasteiger partial charge in [-0.1, -0.05) is 49.6 Å². The second-order valence-corrected chi connectivity index (χ2v) is 6.54. The average Bonchev–Trinajstić information content (AvgIpc) is 2.67. The number of halogens is 2. The summed E-state index contributed by atoms with van der Waals surface area (Å²) in [6.07, 6.45) is 9.49. The van der Waals surface area contributed by atoms with Crippen molar-refractivity contribution < 1.29 is 4.79 Å². The molecular weight excluding hydrogens is 369 g/mol. The molecule has 1 unspecified atom stereocenters. The lowest BCUT2D eigenvalue weighted by molar-refractivity contribution is 0.0915. The first kappa shape index (κ1) is 22.4. The fourth-order valence-corrected chi connectivity index (χ4v) is 3.51. The van der Waals surface area contributed by atoms with Crippen molar-refractivity contribution in [2.45, 2.75) is 38.1 Å². The molecule has 1 heterocycles. The fraction of sp³-hybridized carbons (Fsp3) is 0.400. The number of nitrogens with one attached hydrogen (secondary N) is 1. The van der Waals surface area contributed by atoms with Gasteiger partial charge in [0.25, 0.3) is 5.91 Å².